The van der Waals surface area contributed by atoms with E-state index < -0.39 is 10.0 Å². The van der Waals surface area contributed by atoms with E-state index in [1.54, 1.807) is 0 Å². The highest BCUT2D eigenvalue weighted by atomic mass is 32.2. The molecule has 0 unspecified atom stereocenters. The lowest BCUT2D eigenvalue weighted by molar-refractivity contribution is 0.476. The third-order valence-electron chi connectivity index (χ3n) is 3.69. The first-order valence-corrected chi connectivity index (χ1v) is 10.2. The van der Waals surface area contributed by atoms with Crippen molar-refractivity contribution in [1.29, 1.82) is 0 Å². The van der Waals surface area contributed by atoms with Gasteiger partial charge in [0.15, 0.2) is 0 Å². The highest BCUT2D eigenvalue weighted by Crippen LogP contribution is 2.22. The summed E-state index contributed by atoms with van der Waals surface area (Å²) in [5.74, 6) is 2.87. The summed E-state index contributed by atoms with van der Waals surface area (Å²) in [5.41, 5.74) is 1.99. The van der Waals surface area contributed by atoms with Crippen molar-refractivity contribution < 1.29 is 8.42 Å². The van der Waals surface area contributed by atoms with Crippen molar-refractivity contribution >= 4 is 21.8 Å². The molecule has 0 atom stereocenters. The number of hydrogen-bond donors (Lipinski definition) is 2. The van der Waals surface area contributed by atoms with Crippen LogP contribution in [0.1, 0.15) is 24.0 Å². The molecule has 0 aromatic heterocycles. The molecule has 0 bridgehead atoms. The first-order chi connectivity index (χ1) is 10.1. The molecule has 0 radical (unpaired) electrons. The number of thioether (sulfide) groups is 1. The van der Waals surface area contributed by atoms with Gasteiger partial charge in [0.1, 0.15) is 0 Å². The fourth-order valence-corrected chi connectivity index (χ4v) is 4.85. The first kappa shape index (κ1) is 16.8. The Morgan fingerprint density at radius 1 is 1.14 bits per heavy atom. The number of sulfonamides is 1. The normalized spacial score (nSPS) is 17.0. The Hall–Kier alpha value is -0.560. The Morgan fingerprint density at radius 2 is 1.76 bits per heavy atom. The second kappa shape index (κ2) is 8.17. The lowest BCUT2D eigenvalue weighted by Crippen LogP contribution is -2.31. The topological polar surface area (TPSA) is 58.2 Å². The van der Waals surface area contributed by atoms with Crippen LogP contribution in [0.4, 0.5) is 0 Å². The number of nitrogens with one attached hydrogen (secondary N) is 2. The zero-order valence-corrected chi connectivity index (χ0v) is 14.1. The van der Waals surface area contributed by atoms with E-state index in [1.807, 2.05) is 43.1 Å². The van der Waals surface area contributed by atoms with E-state index in [0.29, 0.717) is 12.5 Å². The van der Waals surface area contributed by atoms with Gasteiger partial charge in [-0.2, -0.15) is 11.8 Å². The average molecular weight is 329 g/mol. The quantitative estimate of drug-likeness (QED) is 0.803. The van der Waals surface area contributed by atoms with Crippen molar-refractivity contribution in [1.82, 2.24) is 10.0 Å². The Bertz CT molecular complexity index is 523. The van der Waals surface area contributed by atoms with Gasteiger partial charge in [-0.3, -0.25) is 0 Å². The Balaban J connectivity index is 1.84. The van der Waals surface area contributed by atoms with Gasteiger partial charge in [-0.15, -0.1) is 0 Å². The highest BCUT2D eigenvalue weighted by Gasteiger charge is 2.17. The maximum atomic E-state index is 12.1. The molecule has 2 N–H and O–H groups in total. The van der Waals surface area contributed by atoms with Crippen LogP contribution in [0.3, 0.4) is 0 Å². The molecule has 1 aromatic rings. The van der Waals surface area contributed by atoms with Crippen molar-refractivity contribution in [3.63, 3.8) is 0 Å². The molecule has 0 aliphatic carbocycles. The van der Waals surface area contributed by atoms with E-state index in [9.17, 15) is 8.42 Å². The van der Waals surface area contributed by atoms with Crippen LogP contribution in [0.15, 0.2) is 24.3 Å². The smallest absolute Gasteiger partial charge is 0.215 e. The summed E-state index contributed by atoms with van der Waals surface area (Å²) in [6.45, 7) is 1.38. The van der Waals surface area contributed by atoms with Gasteiger partial charge in [0, 0.05) is 13.1 Å². The molecular formula is C15H24N2O2S2. The van der Waals surface area contributed by atoms with Crippen LogP contribution < -0.4 is 10.0 Å². The van der Waals surface area contributed by atoms with Crippen LogP contribution in [0.5, 0.6) is 0 Å². The minimum Gasteiger partial charge on any atom is -0.316 e. The third kappa shape index (κ3) is 5.98. The third-order valence-corrected chi connectivity index (χ3v) is 6.06. The minimum atomic E-state index is -3.23. The SMILES string of the molecule is CNCc1ccc(CS(=O)(=O)NCC2CCSCC2)cc1. The lowest BCUT2D eigenvalue weighted by Gasteiger charge is -2.21. The van der Waals surface area contributed by atoms with Gasteiger partial charge < -0.3 is 5.32 Å². The summed E-state index contributed by atoms with van der Waals surface area (Å²) in [7, 11) is -1.34. The summed E-state index contributed by atoms with van der Waals surface area (Å²) in [5, 5.41) is 3.08. The maximum absolute atomic E-state index is 12.1. The van der Waals surface area contributed by atoms with Crippen molar-refractivity contribution in [3.8, 4) is 0 Å². The molecule has 6 heteroatoms. The van der Waals surface area contributed by atoms with Crippen molar-refractivity contribution in [2.45, 2.75) is 25.1 Å². The fourth-order valence-electron chi connectivity index (χ4n) is 2.42. The summed E-state index contributed by atoms with van der Waals surface area (Å²) in [6.07, 6.45) is 2.23. The Kier molecular flexibility index (Phi) is 6.54. The Morgan fingerprint density at radius 3 is 2.38 bits per heavy atom. The molecule has 0 spiro atoms. The molecule has 4 nitrogen and oxygen atoms in total. The second-order valence-electron chi connectivity index (χ2n) is 5.51. The van der Waals surface area contributed by atoms with Crippen LogP contribution in [-0.4, -0.2) is 33.5 Å². The van der Waals surface area contributed by atoms with Crippen molar-refractivity contribution in [2.24, 2.45) is 5.92 Å². The number of hydrogen-bond acceptors (Lipinski definition) is 4. The number of rotatable bonds is 7. The first-order valence-electron chi connectivity index (χ1n) is 7.36. The van der Waals surface area contributed by atoms with E-state index in [2.05, 4.69) is 10.0 Å². The molecule has 118 valence electrons. The molecule has 0 saturated carbocycles. The number of benzene rings is 1. The van der Waals surface area contributed by atoms with Gasteiger partial charge in [0.25, 0.3) is 0 Å². The molecule has 1 aliphatic rings. The van der Waals surface area contributed by atoms with Gasteiger partial charge in [0.2, 0.25) is 10.0 Å². The molecule has 1 fully saturated rings. The van der Waals surface area contributed by atoms with Crippen LogP contribution in [0.2, 0.25) is 0 Å². The monoisotopic (exact) mass is 328 g/mol. The molecule has 1 heterocycles. The molecule has 2 rings (SSSR count). The van der Waals surface area contributed by atoms with E-state index in [1.165, 1.54) is 0 Å². The minimum absolute atomic E-state index is 0.0638. The van der Waals surface area contributed by atoms with E-state index in [4.69, 9.17) is 0 Å². The van der Waals surface area contributed by atoms with Gasteiger partial charge in [0.05, 0.1) is 5.75 Å². The zero-order valence-electron chi connectivity index (χ0n) is 12.5. The predicted octanol–water partition coefficient (Wildman–Crippen LogP) is 1.97. The van der Waals surface area contributed by atoms with Gasteiger partial charge in [-0.25, -0.2) is 13.1 Å². The largest absolute Gasteiger partial charge is 0.316 e. The highest BCUT2D eigenvalue weighted by molar-refractivity contribution is 7.99. The zero-order chi connectivity index (χ0) is 15.1. The van der Waals surface area contributed by atoms with Gasteiger partial charge in [-0.1, -0.05) is 24.3 Å². The molecule has 1 saturated heterocycles. The summed E-state index contributed by atoms with van der Waals surface area (Å²) >= 11 is 1.96. The molecule has 21 heavy (non-hydrogen) atoms. The van der Waals surface area contributed by atoms with E-state index in [-0.39, 0.29) is 5.75 Å². The standard InChI is InChI=1S/C15H24N2O2S2/c1-16-10-13-2-4-15(5-3-13)12-21(18,19)17-11-14-6-8-20-9-7-14/h2-5,14,16-17H,6-12H2,1H3. The van der Waals surface area contributed by atoms with Crippen LogP contribution in [0, 0.1) is 5.92 Å². The van der Waals surface area contributed by atoms with Crippen molar-refractivity contribution in [3.05, 3.63) is 35.4 Å². The summed E-state index contributed by atoms with van der Waals surface area (Å²) in [4.78, 5) is 0. The maximum Gasteiger partial charge on any atom is 0.215 e. The van der Waals surface area contributed by atoms with Gasteiger partial charge >= 0.3 is 0 Å². The van der Waals surface area contributed by atoms with E-state index in [0.717, 1.165) is 42.0 Å². The lowest BCUT2D eigenvalue weighted by atomic mass is 10.0. The van der Waals surface area contributed by atoms with Crippen LogP contribution in [0.25, 0.3) is 0 Å². The summed E-state index contributed by atoms with van der Waals surface area (Å²) < 4.78 is 27.0. The average Bonchev–Trinajstić information content (AvgIpc) is 2.48. The van der Waals surface area contributed by atoms with Crippen LogP contribution >= 0.6 is 11.8 Å². The second-order valence-corrected chi connectivity index (χ2v) is 8.54. The van der Waals surface area contributed by atoms with Gasteiger partial charge in [-0.05, 0) is 48.4 Å². The molecule has 0 amide bonds. The summed E-state index contributed by atoms with van der Waals surface area (Å²) in [6, 6.07) is 7.73. The predicted molar refractivity (Wildman–Crippen MR) is 89.9 cm³/mol. The fraction of sp³-hybridized carbons (Fsp3) is 0.600. The van der Waals surface area contributed by atoms with Crippen LogP contribution in [-0.2, 0) is 22.3 Å². The van der Waals surface area contributed by atoms with Crippen molar-refractivity contribution in [2.75, 3.05) is 25.1 Å². The molecular weight excluding hydrogens is 304 g/mol. The molecule has 1 aromatic carbocycles. The Labute approximate surface area is 132 Å². The van der Waals surface area contributed by atoms with E-state index >= 15 is 0 Å². The molecule has 1 aliphatic heterocycles.